The fourth-order valence-corrected chi connectivity index (χ4v) is 5.07. The Morgan fingerprint density at radius 1 is 1.00 bits per heavy atom. The first-order chi connectivity index (χ1) is 15.7. The van der Waals surface area contributed by atoms with E-state index >= 15 is 0 Å². The largest absolute Gasteiger partial charge is 0.381 e. The fraction of sp³-hybridized carbons (Fsp3) is 0.333. The van der Waals surface area contributed by atoms with E-state index in [1.165, 1.54) is 23.9 Å². The van der Waals surface area contributed by atoms with Crippen LogP contribution in [0.15, 0.2) is 42.7 Å². The average Bonchev–Trinajstić information content (AvgIpc) is 3.44. The number of hydrogen-bond donors (Lipinski definition) is 3. The summed E-state index contributed by atoms with van der Waals surface area (Å²) < 4.78 is 32.7. The van der Waals surface area contributed by atoms with Crippen LogP contribution < -0.4 is 5.32 Å². The van der Waals surface area contributed by atoms with Gasteiger partial charge in [0.05, 0.1) is 24.0 Å². The molecule has 6 rings (SSSR count). The summed E-state index contributed by atoms with van der Waals surface area (Å²) in [5.41, 5.74) is 4.47. The number of H-pyrrole nitrogens is 2. The number of nitrogens with zero attached hydrogens (tertiary/aromatic N) is 2. The van der Waals surface area contributed by atoms with Gasteiger partial charge in [-0.3, -0.25) is 10.3 Å². The minimum absolute atomic E-state index is 0.0337. The van der Waals surface area contributed by atoms with E-state index < -0.39 is 0 Å². The highest BCUT2D eigenvalue weighted by Gasteiger charge is 2.36. The van der Waals surface area contributed by atoms with Crippen LogP contribution in [0.4, 0.5) is 8.78 Å². The van der Waals surface area contributed by atoms with Gasteiger partial charge in [0.2, 0.25) is 0 Å². The number of halogens is 2. The maximum atomic E-state index is 13.9. The molecule has 6 nitrogen and oxygen atoms in total. The number of nitrogens with one attached hydrogen (secondary N) is 3. The van der Waals surface area contributed by atoms with Crippen molar-refractivity contribution in [1.29, 1.82) is 0 Å². The van der Waals surface area contributed by atoms with E-state index in [4.69, 9.17) is 9.72 Å². The van der Waals surface area contributed by atoms with Gasteiger partial charge in [-0.2, -0.15) is 0 Å². The smallest absolute Gasteiger partial charge is 0.141 e. The lowest BCUT2D eigenvalue weighted by Crippen LogP contribution is -2.39. The second-order valence-electron chi connectivity index (χ2n) is 8.59. The SMILES string of the molecule is Fc1ccc(-c2c[nH]c(C3Cc4c([nH]c5cc(F)ccc45)C(C4CCOCC4)N3)n2)nc1. The van der Waals surface area contributed by atoms with Crippen molar-refractivity contribution in [2.45, 2.75) is 31.3 Å². The molecule has 2 aliphatic heterocycles. The molecule has 0 amide bonds. The molecule has 2 atom stereocenters. The second-order valence-corrected chi connectivity index (χ2v) is 8.59. The van der Waals surface area contributed by atoms with Crippen molar-refractivity contribution in [3.8, 4) is 11.4 Å². The fourth-order valence-electron chi connectivity index (χ4n) is 5.07. The Kier molecular flexibility index (Phi) is 4.77. The van der Waals surface area contributed by atoms with Crippen molar-refractivity contribution in [2.75, 3.05) is 13.2 Å². The second kappa shape index (κ2) is 7.79. The van der Waals surface area contributed by atoms with Crippen LogP contribution in [0.5, 0.6) is 0 Å². The van der Waals surface area contributed by atoms with Crippen molar-refractivity contribution in [2.24, 2.45) is 5.92 Å². The normalized spacial score (nSPS) is 21.7. The number of imidazole rings is 1. The predicted molar refractivity (Wildman–Crippen MR) is 116 cm³/mol. The lowest BCUT2D eigenvalue weighted by molar-refractivity contribution is 0.0497. The first kappa shape index (κ1) is 19.6. The van der Waals surface area contributed by atoms with E-state index in [0.717, 1.165) is 54.9 Å². The average molecular weight is 435 g/mol. The van der Waals surface area contributed by atoms with Gasteiger partial charge in [0, 0.05) is 36.0 Å². The van der Waals surface area contributed by atoms with E-state index in [2.05, 4.69) is 20.3 Å². The summed E-state index contributed by atoms with van der Waals surface area (Å²) in [5.74, 6) is 0.605. The summed E-state index contributed by atoms with van der Waals surface area (Å²) in [4.78, 5) is 15.7. The van der Waals surface area contributed by atoms with E-state index in [0.29, 0.717) is 17.3 Å². The Morgan fingerprint density at radius 3 is 2.66 bits per heavy atom. The van der Waals surface area contributed by atoms with Crippen LogP contribution in [0.2, 0.25) is 0 Å². The molecular formula is C24H23F2N5O. The molecule has 32 heavy (non-hydrogen) atoms. The summed E-state index contributed by atoms with van der Waals surface area (Å²) in [6, 6.07) is 8.01. The van der Waals surface area contributed by atoms with Crippen LogP contribution in [-0.2, 0) is 11.2 Å². The maximum Gasteiger partial charge on any atom is 0.141 e. The topological polar surface area (TPSA) is 78.6 Å². The molecular weight excluding hydrogens is 412 g/mol. The molecule has 1 aromatic carbocycles. The molecule has 2 unspecified atom stereocenters. The van der Waals surface area contributed by atoms with Crippen molar-refractivity contribution in [1.82, 2.24) is 25.3 Å². The molecule has 4 aromatic rings. The van der Waals surface area contributed by atoms with Gasteiger partial charge in [-0.1, -0.05) is 0 Å². The molecule has 0 radical (unpaired) electrons. The molecule has 0 aliphatic carbocycles. The number of ether oxygens (including phenoxy) is 1. The van der Waals surface area contributed by atoms with Crippen molar-refractivity contribution in [3.63, 3.8) is 0 Å². The van der Waals surface area contributed by atoms with Crippen LogP contribution in [0.1, 0.15) is 42.0 Å². The molecule has 0 bridgehead atoms. The lowest BCUT2D eigenvalue weighted by atomic mass is 9.83. The maximum absolute atomic E-state index is 13.9. The van der Waals surface area contributed by atoms with E-state index in [1.807, 2.05) is 6.07 Å². The van der Waals surface area contributed by atoms with Crippen molar-refractivity contribution in [3.05, 3.63) is 71.4 Å². The number of hydrogen-bond acceptors (Lipinski definition) is 4. The summed E-state index contributed by atoms with van der Waals surface area (Å²) in [6.45, 7) is 1.50. The zero-order chi connectivity index (χ0) is 21.7. The van der Waals surface area contributed by atoms with Crippen LogP contribution in [0, 0.1) is 17.6 Å². The number of benzene rings is 1. The van der Waals surface area contributed by atoms with Gasteiger partial charge in [0.1, 0.15) is 23.2 Å². The van der Waals surface area contributed by atoms with Crippen LogP contribution >= 0.6 is 0 Å². The number of fused-ring (bicyclic) bond motifs is 3. The molecule has 2 aliphatic rings. The standard InChI is InChI=1S/C24H23F2N5O/c25-14-1-3-16-17-10-20(24-28-12-21(31-24)18-4-2-15(26)11-27-18)30-22(13-5-7-32-8-6-13)23(17)29-19(16)9-14/h1-4,9,11-13,20,22,29-30H,5-8,10H2,(H,28,31). The molecule has 3 N–H and O–H groups in total. The zero-order valence-electron chi connectivity index (χ0n) is 17.4. The molecule has 1 saturated heterocycles. The number of rotatable bonds is 3. The van der Waals surface area contributed by atoms with E-state index in [9.17, 15) is 8.78 Å². The Morgan fingerprint density at radius 2 is 1.84 bits per heavy atom. The van der Waals surface area contributed by atoms with Gasteiger partial charge in [-0.25, -0.2) is 13.8 Å². The minimum Gasteiger partial charge on any atom is -0.381 e. The highest BCUT2D eigenvalue weighted by molar-refractivity contribution is 5.85. The van der Waals surface area contributed by atoms with Gasteiger partial charge < -0.3 is 14.7 Å². The third-order valence-electron chi connectivity index (χ3n) is 6.66. The van der Waals surface area contributed by atoms with Gasteiger partial charge in [-0.15, -0.1) is 0 Å². The number of aromatic nitrogens is 4. The molecule has 0 spiro atoms. The van der Waals surface area contributed by atoms with E-state index in [1.54, 1.807) is 18.3 Å². The molecule has 5 heterocycles. The van der Waals surface area contributed by atoms with Crippen LogP contribution in [0.25, 0.3) is 22.3 Å². The highest BCUT2D eigenvalue weighted by atomic mass is 19.1. The number of aromatic amines is 2. The first-order valence-electron chi connectivity index (χ1n) is 11.0. The lowest BCUT2D eigenvalue weighted by Gasteiger charge is -2.37. The highest BCUT2D eigenvalue weighted by Crippen LogP contribution is 2.41. The third-order valence-corrected chi connectivity index (χ3v) is 6.66. The summed E-state index contributed by atoms with van der Waals surface area (Å²) in [6.07, 6.45) is 5.67. The molecule has 8 heteroatoms. The van der Waals surface area contributed by atoms with Gasteiger partial charge in [0.25, 0.3) is 0 Å². The summed E-state index contributed by atoms with van der Waals surface area (Å²) >= 11 is 0. The Hall–Kier alpha value is -3.10. The molecule has 164 valence electrons. The third kappa shape index (κ3) is 3.40. The molecule has 3 aromatic heterocycles. The first-order valence-corrected chi connectivity index (χ1v) is 11.0. The monoisotopic (exact) mass is 435 g/mol. The number of pyridine rings is 1. The van der Waals surface area contributed by atoms with Crippen molar-refractivity contribution >= 4 is 10.9 Å². The summed E-state index contributed by atoms with van der Waals surface area (Å²) in [7, 11) is 0. The minimum atomic E-state index is -0.374. The molecule has 0 saturated carbocycles. The van der Waals surface area contributed by atoms with Crippen molar-refractivity contribution < 1.29 is 13.5 Å². The Balaban J connectivity index is 1.38. The van der Waals surface area contributed by atoms with Gasteiger partial charge in [-0.05, 0) is 61.1 Å². The molecule has 1 fully saturated rings. The van der Waals surface area contributed by atoms with Crippen LogP contribution in [0.3, 0.4) is 0 Å². The van der Waals surface area contributed by atoms with Crippen LogP contribution in [-0.4, -0.2) is 33.1 Å². The Labute approximate surface area is 183 Å². The summed E-state index contributed by atoms with van der Waals surface area (Å²) in [5, 5.41) is 4.84. The van der Waals surface area contributed by atoms with Gasteiger partial charge >= 0.3 is 0 Å². The quantitative estimate of drug-likeness (QED) is 0.440. The van der Waals surface area contributed by atoms with E-state index in [-0.39, 0.29) is 23.7 Å². The Bertz CT molecular complexity index is 1260. The zero-order valence-corrected chi connectivity index (χ0v) is 17.4. The predicted octanol–water partition coefficient (Wildman–Crippen LogP) is 4.59. The van der Waals surface area contributed by atoms with Gasteiger partial charge in [0.15, 0.2) is 0 Å².